The van der Waals surface area contributed by atoms with Crippen LogP contribution in [0.5, 0.6) is 0 Å². The summed E-state index contributed by atoms with van der Waals surface area (Å²) in [6.07, 6.45) is 0. The molecule has 0 N–H and O–H groups in total. The lowest BCUT2D eigenvalue weighted by molar-refractivity contribution is 0.179. The van der Waals surface area contributed by atoms with E-state index in [9.17, 15) is 4.21 Å². The van der Waals surface area contributed by atoms with Gasteiger partial charge in [0.25, 0.3) is 0 Å². The molecule has 0 fully saturated rings. The topological polar surface area (TPSA) is 86.2 Å². The molecule has 1 atom stereocenters. The van der Waals surface area contributed by atoms with Crippen LogP contribution < -0.4 is 0 Å². The van der Waals surface area contributed by atoms with Crippen molar-refractivity contribution < 1.29 is 9.05 Å². The summed E-state index contributed by atoms with van der Waals surface area (Å²) >= 11 is 0. The summed E-state index contributed by atoms with van der Waals surface area (Å²) in [5, 5.41) is 20.9. The molecule has 0 radical (unpaired) electrons. The first-order valence-electron chi connectivity index (χ1n) is 5.60. The molecule has 0 aliphatic carbocycles. The normalized spacial score (nSPS) is 12.3. The molecular formula is C13H13N3O2S. The highest BCUT2D eigenvalue weighted by atomic mass is 32.2. The summed E-state index contributed by atoms with van der Waals surface area (Å²) < 4.78 is 11.9. The number of benzene rings is 1. The van der Waals surface area contributed by atoms with Crippen LogP contribution in [-0.2, 0) is 15.6 Å². The van der Waals surface area contributed by atoms with E-state index in [0.717, 1.165) is 5.56 Å². The fraction of sp³-hybridized carbons (Fsp3) is 0.308. The third-order valence-corrected chi connectivity index (χ3v) is 3.81. The van der Waals surface area contributed by atoms with Gasteiger partial charge in [-0.1, -0.05) is 24.2 Å². The molecule has 0 saturated heterocycles. The summed E-state index contributed by atoms with van der Waals surface area (Å²) in [5.41, 5.74) is 1.49. The molecule has 0 heterocycles. The second-order valence-electron chi connectivity index (χ2n) is 3.60. The van der Waals surface area contributed by atoms with E-state index in [2.05, 4.69) is 9.99 Å². The predicted octanol–water partition coefficient (Wildman–Crippen LogP) is 1.89. The molecule has 0 spiro atoms. The molecule has 98 valence electrons. The van der Waals surface area contributed by atoms with Crippen LogP contribution in [0.4, 0.5) is 0 Å². The van der Waals surface area contributed by atoms with Crippen LogP contribution in [0.3, 0.4) is 0 Å². The van der Waals surface area contributed by atoms with E-state index in [1.165, 1.54) is 0 Å². The number of nitriles is 2. The molecule has 1 unspecified atom stereocenters. The smallest absolute Gasteiger partial charge is 0.202 e. The quantitative estimate of drug-likeness (QED) is 0.466. The van der Waals surface area contributed by atoms with E-state index >= 15 is 0 Å². The monoisotopic (exact) mass is 275 g/mol. The SMILES string of the molecule is CCS(=O)c1cc(/C(C#N)=N/OCC#N)ccc1C. The van der Waals surface area contributed by atoms with Crippen LogP contribution in [0.2, 0.25) is 0 Å². The Morgan fingerprint density at radius 3 is 2.79 bits per heavy atom. The second-order valence-corrected chi connectivity index (χ2v) is 5.31. The molecule has 0 amide bonds. The molecular weight excluding hydrogens is 262 g/mol. The summed E-state index contributed by atoms with van der Waals surface area (Å²) in [4.78, 5) is 5.36. The first-order chi connectivity index (χ1) is 9.13. The maximum atomic E-state index is 11.9. The zero-order valence-corrected chi connectivity index (χ0v) is 11.5. The summed E-state index contributed by atoms with van der Waals surface area (Å²) in [6.45, 7) is 3.48. The van der Waals surface area contributed by atoms with Crippen LogP contribution in [-0.4, -0.2) is 22.3 Å². The number of nitrogens with zero attached hydrogens (tertiary/aromatic N) is 3. The summed E-state index contributed by atoms with van der Waals surface area (Å²) in [7, 11) is -1.10. The maximum absolute atomic E-state index is 11.9. The highest BCUT2D eigenvalue weighted by Gasteiger charge is 2.10. The molecule has 1 aromatic carbocycles. The number of aryl methyl sites for hydroxylation is 1. The van der Waals surface area contributed by atoms with Gasteiger partial charge in [0.15, 0.2) is 5.71 Å². The van der Waals surface area contributed by atoms with Gasteiger partial charge in [-0.25, -0.2) is 0 Å². The average Bonchev–Trinajstić information content (AvgIpc) is 2.44. The van der Waals surface area contributed by atoms with E-state index in [-0.39, 0.29) is 12.3 Å². The van der Waals surface area contributed by atoms with E-state index in [1.807, 2.05) is 19.9 Å². The first-order valence-corrected chi connectivity index (χ1v) is 6.92. The third-order valence-electron chi connectivity index (χ3n) is 2.36. The van der Waals surface area contributed by atoms with Gasteiger partial charge in [0, 0.05) is 16.2 Å². The van der Waals surface area contributed by atoms with Crippen LogP contribution >= 0.6 is 0 Å². The number of oxime groups is 1. The Morgan fingerprint density at radius 2 is 2.21 bits per heavy atom. The van der Waals surface area contributed by atoms with E-state index in [1.54, 1.807) is 24.3 Å². The van der Waals surface area contributed by atoms with Crippen molar-refractivity contribution in [2.75, 3.05) is 12.4 Å². The van der Waals surface area contributed by atoms with Crippen molar-refractivity contribution in [2.45, 2.75) is 18.7 Å². The first kappa shape index (κ1) is 14.9. The second kappa shape index (κ2) is 7.30. The van der Waals surface area contributed by atoms with Gasteiger partial charge < -0.3 is 4.84 Å². The van der Waals surface area contributed by atoms with Crippen LogP contribution in [0.15, 0.2) is 28.3 Å². The van der Waals surface area contributed by atoms with Gasteiger partial charge in [-0.2, -0.15) is 10.5 Å². The highest BCUT2D eigenvalue weighted by molar-refractivity contribution is 7.85. The van der Waals surface area contributed by atoms with Crippen molar-refractivity contribution in [2.24, 2.45) is 5.16 Å². The van der Waals surface area contributed by atoms with Crippen LogP contribution in [0.1, 0.15) is 18.1 Å². The highest BCUT2D eigenvalue weighted by Crippen LogP contribution is 2.16. The molecule has 19 heavy (non-hydrogen) atoms. The van der Waals surface area contributed by atoms with Crippen molar-refractivity contribution in [3.63, 3.8) is 0 Å². The fourth-order valence-corrected chi connectivity index (χ4v) is 2.41. The van der Waals surface area contributed by atoms with E-state index < -0.39 is 10.8 Å². The van der Waals surface area contributed by atoms with Crippen molar-refractivity contribution in [1.29, 1.82) is 10.5 Å². The minimum atomic E-state index is -1.10. The number of rotatable bonds is 5. The molecule has 0 saturated carbocycles. The minimum absolute atomic E-state index is 0.0598. The van der Waals surface area contributed by atoms with E-state index in [4.69, 9.17) is 10.5 Å². The molecule has 0 aromatic heterocycles. The van der Waals surface area contributed by atoms with Gasteiger partial charge in [-0.15, -0.1) is 0 Å². The standard InChI is InChI=1S/C13H13N3O2S/c1-3-19(17)13-8-11(5-4-10(13)2)12(9-15)16-18-7-6-14/h4-5,8H,3,7H2,1-2H3/b16-12+. The van der Waals surface area contributed by atoms with Crippen LogP contribution in [0, 0.1) is 29.6 Å². The van der Waals surface area contributed by atoms with Gasteiger partial charge >= 0.3 is 0 Å². The Balaban J connectivity index is 3.14. The average molecular weight is 275 g/mol. The molecule has 1 aromatic rings. The Hall–Kier alpha value is -2.18. The number of hydrogen-bond acceptors (Lipinski definition) is 5. The maximum Gasteiger partial charge on any atom is 0.202 e. The van der Waals surface area contributed by atoms with Gasteiger partial charge in [0.1, 0.15) is 12.1 Å². The van der Waals surface area contributed by atoms with Gasteiger partial charge in [-0.05, 0) is 18.6 Å². The molecule has 0 aliphatic heterocycles. The molecule has 5 nitrogen and oxygen atoms in total. The van der Waals surface area contributed by atoms with Crippen molar-refractivity contribution in [3.8, 4) is 12.1 Å². The zero-order chi connectivity index (χ0) is 14.3. The van der Waals surface area contributed by atoms with Crippen molar-refractivity contribution in [1.82, 2.24) is 0 Å². The lowest BCUT2D eigenvalue weighted by Gasteiger charge is -2.06. The Morgan fingerprint density at radius 1 is 1.47 bits per heavy atom. The van der Waals surface area contributed by atoms with Gasteiger partial charge in [0.05, 0.1) is 10.8 Å². The Kier molecular flexibility index (Phi) is 5.72. The zero-order valence-electron chi connectivity index (χ0n) is 10.7. The predicted molar refractivity (Wildman–Crippen MR) is 71.8 cm³/mol. The fourth-order valence-electron chi connectivity index (χ4n) is 1.41. The summed E-state index contributed by atoms with van der Waals surface area (Å²) in [5.74, 6) is 0.508. The Labute approximate surface area is 114 Å². The molecule has 0 bridgehead atoms. The third kappa shape index (κ3) is 3.90. The van der Waals surface area contributed by atoms with E-state index in [0.29, 0.717) is 16.2 Å². The largest absolute Gasteiger partial charge is 0.379 e. The van der Waals surface area contributed by atoms with Crippen molar-refractivity contribution in [3.05, 3.63) is 29.3 Å². The summed E-state index contributed by atoms with van der Waals surface area (Å²) in [6, 6.07) is 8.83. The number of hydrogen-bond donors (Lipinski definition) is 0. The molecule has 1 rings (SSSR count). The van der Waals surface area contributed by atoms with Gasteiger partial charge in [0.2, 0.25) is 6.61 Å². The van der Waals surface area contributed by atoms with Crippen molar-refractivity contribution >= 4 is 16.5 Å². The minimum Gasteiger partial charge on any atom is -0.379 e. The molecule has 6 heteroatoms. The lowest BCUT2D eigenvalue weighted by atomic mass is 10.1. The van der Waals surface area contributed by atoms with Crippen LogP contribution in [0.25, 0.3) is 0 Å². The molecule has 0 aliphatic rings. The van der Waals surface area contributed by atoms with Gasteiger partial charge in [-0.3, -0.25) is 4.21 Å². The lowest BCUT2D eigenvalue weighted by Crippen LogP contribution is -2.03. The Bertz CT molecular complexity index is 597.